The monoisotopic (exact) mass is 238 g/mol. The van der Waals surface area contributed by atoms with E-state index in [0.29, 0.717) is 12.8 Å². The van der Waals surface area contributed by atoms with E-state index in [0.717, 1.165) is 4.90 Å². The maximum absolute atomic E-state index is 12.8. The molecular formula is C10H17F3N2O. The van der Waals surface area contributed by atoms with E-state index in [1.54, 1.807) is 6.92 Å². The number of rotatable bonds is 5. The van der Waals surface area contributed by atoms with Gasteiger partial charge in [-0.2, -0.15) is 13.2 Å². The van der Waals surface area contributed by atoms with Crippen LogP contribution < -0.4 is 5.73 Å². The van der Waals surface area contributed by atoms with Crippen LogP contribution in [0.3, 0.4) is 0 Å². The molecule has 1 saturated carbocycles. The van der Waals surface area contributed by atoms with E-state index in [9.17, 15) is 18.0 Å². The molecule has 16 heavy (non-hydrogen) atoms. The largest absolute Gasteiger partial charge is 0.408 e. The summed E-state index contributed by atoms with van der Waals surface area (Å²) in [5.74, 6) is -0.432. The fourth-order valence-electron chi connectivity index (χ4n) is 1.79. The van der Waals surface area contributed by atoms with Crippen molar-refractivity contribution in [2.75, 3.05) is 6.54 Å². The van der Waals surface area contributed by atoms with Crippen molar-refractivity contribution in [3.05, 3.63) is 0 Å². The second-order valence-corrected chi connectivity index (χ2v) is 4.02. The van der Waals surface area contributed by atoms with Gasteiger partial charge >= 0.3 is 6.18 Å². The van der Waals surface area contributed by atoms with Crippen molar-refractivity contribution < 1.29 is 18.0 Å². The molecule has 94 valence electrons. The van der Waals surface area contributed by atoms with Crippen molar-refractivity contribution in [1.29, 1.82) is 0 Å². The van der Waals surface area contributed by atoms with Gasteiger partial charge in [0.1, 0.15) is 6.04 Å². The van der Waals surface area contributed by atoms with Crippen LogP contribution in [0.25, 0.3) is 0 Å². The van der Waals surface area contributed by atoms with Crippen LogP contribution in [0, 0.1) is 0 Å². The van der Waals surface area contributed by atoms with E-state index >= 15 is 0 Å². The highest BCUT2D eigenvalue weighted by Crippen LogP contribution is 2.36. The third-order valence-corrected chi connectivity index (χ3v) is 2.68. The average Bonchev–Trinajstić information content (AvgIpc) is 2.99. The number of hydrogen-bond acceptors (Lipinski definition) is 2. The summed E-state index contributed by atoms with van der Waals surface area (Å²) in [4.78, 5) is 12.5. The Morgan fingerprint density at radius 3 is 2.38 bits per heavy atom. The first-order valence-corrected chi connectivity index (χ1v) is 5.49. The number of hydrogen-bond donors (Lipinski definition) is 1. The molecule has 1 atom stereocenters. The zero-order valence-corrected chi connectivity index (χ0v) is 9.26. The molecule has 0 spiro atoms. The van der Waals surface area contributed by atoms with Gasteiger partial charge in [0, 0.05) is 12.5 Å². The zero-order chi connectivity index (χ0) is 12.3. The lowest BCUT2D eigenvalue weighted by Gasteiger charge is -2.33. The molecule has 1 amide bonds. The molecule has 1 unspecified atom stereocenters. The lowest BCUT2D eigenvalue weighted by atomic mass is 10.1. The van der Waals surface area contributed by atoms with Crippen molar-refractivity contribution in [2.45, 2.75) is 50.9 Å². The lowest BCUT2D eigenvalue weighted by Crippen LogP contribution is -2.50. The van der Waals surface area contributed by atoms with Crippen molar-refractivity contribution in [3.8, 4) is 0 Å². The molecule has 1 fully saturated rings. The molecule has 1 aliphatic carbocycles. The molecule has 0 aliphatic heterocycles. The summed E-state index contributed by atoms with van der Waals surface area (Å²) in [5.41, 5.74) is 5.19. The van der Waals surface area contributed by atoms with Crippen LogP contribution in [-0.2, 0) is 4.79 Å². The Morgan fingerprint density at radius 1 is 1.50 bits per heavy atom. The smallest absolute Gasteiger partial charge is 0.330 e. The van der Waals surface area contributed by atoms with E-state index in [1.165, 1.54) is 0 Å². The molecule has 1 rings (SSSR count). The van der Waals surface area contributed by atoms with Gasteiger partial charge in [-0.1, -0.05) is 6.92 Å². The van der Waals surface area contributed by atoms with Crippen molar-refractivity contribution >= 4 is 5.91 Å². The Balaban J connectivity index is 2.82. The summed E-state index contributed by atoms with van der Waals surface area (Å²) >= 11 is 0. The van der Waals surface area contributed by atoms with Gasteiger partial charge in [0.15, 0.2) is 0 Å². The van der Waals surface area contributed by atoms with Gasteiger partial charge in [-0.15, -0.1) is 0 Å². The van der Waals surface area contributed by atoms with Gasteiger partial charge in [-0.3, -0.25) is 4.79 Å². The minimum atomic E-state index is -4.38. The van der Waals surface area contributed by atoms with Crippen LogP contribution in [0.1, 0.15) is 32.6 Å². The molecule has 0 radical (unpaired) electrons. The average molecular weight is 238 g/mol. The molecule has 0 saturated heterocycles. The standard InChI is InChI=1S/C10H17F3N2O/c1-2-9(16)15(7-3-4-7)8(5-6-14)10(11,12)13/h7-8H,2-6,14H2,1H3. The molecular weight excluding hydrogens is 221 g/mol. The minimum absolute atomic E-state index is 0.0651. The van der Waals surface area contributed by atoms with E-state index in [-0.39, 0.29) is 25.4 Å². The third-order valence-electron chi connectivity index (χ3n) is 2.68. The Kier molecular flexibility index (Phi) is 4.18. The van der Waals surface area contributed by atoms with Crippen LogP contribution in [-0.4, -0.2) is 35.6 Å². The Bertz CT molecular complexity index is 251. The summed E-state index contributed by atoms with van der Waals surface area (Å²) in [6.07, 6.45) is -3.15. The van der Waals surface area contributed by atoms with Gasteiger partial charge in [-0.05, 0) is 25.8 Å². The quantitative estimate of drug-likeness (QED) is 0.791. The summed E-state index contributed by atoms with van der Waals surface area (Å²) in [7, 11) is 0. The predicted molar refractivity (Wildman–Crippen MR) is 53.7 cm³/mol. The fourth-order valence-corrected chi connectivity index (χ4v) is 1.79. The Hall–Kier alpha value is -0.780. The maximum atomic E-state index is 12.8. The van der Waals surface area contributed by atoms with Crippen LogP contribution in [0.4, 0.5) is 13.2 Å². The van der Waals surface area contributed by atoms with Crippen molar-refractivity contribution in [1.82, 2.24) is 4.90 Å². The van der Waals surface area contributed by atoms with E-state index in [4.69, 9.17) is 5.73 Å². The highest BCUT2D eigenvalue weighted by molar-refractivity contribution is 5.77. The maximum Gasteiger partial charge on any atom is 0.408 e. The molecule has 0 aromatic heterocycles. The number of alkyl halides is 3. The molecule has 6 heteroatoms. The first kappa shape index (κ1) is 13.3. The molecule has 3 nitrogen and oxygen atoms in total. The van der Waals surface area contributed by atoms with E-state index in [2.05, 4.69) is 0 Å². The molecule has 0 bridgehead atoms. The number of amides is 1. The fraction of sp³-hybridized carbons (Fsp3) is 0.900. The van der Waals surface area contributed by atoms with Gasteiger partial charge in [-0.25, -0.2) is 0 Å². The van der Waals surface area contributed by atoms with Crippen LogP contribution >= 0.6 is 0 Å². The van der Waals surface area contributed by atoms with Crippen LogP contribution in [0.5, 0.6) is 0 Å². The first-order chi connectivity index (χ1) is 7.41. The summed E-state index contributed by atoms with van der Waals surface area (Å²) in [5, 5.41) is 0. The number of nitrogens with two attached hydrogens (primary N) is 1. The number of halogens is 3. The SMILES string of the molecule is CCC(=O)N(C1CC1)C(CCN)C(F)(F)F. The second-order valence-electron chi connectivity index (χ2n) is 4.02. The Labute approximate surface area is 92.8 Å². The first-order valence-electron chi connectivity index (χ1n) is 5.49. The second kappa shape index (κ2) is 5.03. The molecule has 0 heterocycles. The Morgan fingerprint density at radius 2 is 2.06 bits per heavy atom. The topological polar surface area (TPSA) is 46.3 Å². The molecule has 1 aliphatic rings. The van der Waals surface area contributed by atoms with Gasteiger partial charge in [0.05, 0.1) is 0 Å². The summed E-state index contributed by atoms with van der Waals surface area (Å²) in [6, 6.07) is -1.94. The third kappa shape index (κ3) is 3.10. The predicted octanol–water partition coefficient (Wildman–Crippen LogP) is 1.67. The molecule has 0 aromatic rings. The minimum Gasteiger partial charge on any atom is -0.330 e. The highest BCUT2D eigenvalue weighted by atomic mass is 19.4. The highest BCUT2D eigenvalue weighted by Gasteiger charge is 2.48. The van der Waals surface area contributed by atoms with Crippen molar-refractivity contribution in [2.24, 2.45) is 5.73 Å². The molecule has 2 N–H and O–H groups in total. The number of nitrogens with zero attached hydrogens (tertiary/aromatic N) is 1. The lowest BCUT2D eigenvalue weighted by molar-refractivity contribution is -0.192. The van der Waals surface area contributed by atoms with E-state index < -0.39 is 18.1 Å². The normalized spacial score (nSPS) is 18.3. The van der Waals surface area contributed by atoms with Gasteiger partial charge in [0.2, 0.25) is 5.91 Å². The zero-order valence-electron chi connectivity index (χ0n) is 9.26. The van der Waals surface area contributed by atoms with Crippen LogP contribution in [0.15, 0.2) is 0 Å². The van der Waals surface area contributed by atoms with Crippen LogP contribution in [0.2, 0.25) is 0 Å². The van der Waals surface area contributed by atoms with Gasteiger partial charge < -0.3 is 10.6 Å². The number of carbonyl (C=O) groups is 1. The van der Waals surface area contributed by atoms with Gasteiger partial charge in [0.25, 0.3) is 0 Å². The van der Waals surface area contributed by atoms with E-state index in [1.807, 2.05) is 0 Å². The summed E-state index contributed by atoms with van der Waals surface area (Å²) < 4.78 is 38.4. The summed E-state index contributed by atoms with van der Waals surface area (Å²) in [6.45, 7) is 1.51. The number of carbonyl (C=O) groups excluding carboxylic acids is 1. The molecule has 0 aromatic carbocycles. The van der Waals surface area contributed by atoms with Crippen molar-refractivity contribution in [3.63, 3.8) is 0 Å².